The molecule has 10 heteroatoms. The van der Waals surface area contributed by atoms with Gasteiger partial charge in [0, 0.05) is 6.42 Å². The highest BCUT2D eigenvalue weighted by Gasteiger charge is 2.41. The van der Waals surface area contributed by atoms with Crippen LogP contribution in [-0.4, -0.2) is 46.0 Å². The molecule has 1 fully saturated rings. The van der Waals surface area contributed by atoms with E-state index in [1.165, 1.54) is 0 Å². The van der Waals surface area contributed by atoms with Crippen molar-refractivity contribution in [3.05, 3.63) is 77.8 Å². The van der Waals surface area contributed by atoms with Gasteiger partial charge in [0.2, 0.25) is 0 Å². The number of pyridine rings is 1. The number of aliphatic carboxylic acids is 1. The molecule has 1 aliphatic heterocycles. The van der Waals surface area contributed by atoms with Gasteiger partial charge < -0.3 is 19.3 Å². The molecule has 35 heavy (non-hydrogen) atoms. The van der Waals surface area contributed by atoms with Crippen LogP contribution in [0.5, 0.6) is 5.75 Å². The Morgan fingerprint density at radius 1 is 1.23 bits per heavy atom. The van der Waals surface area contributed by atoms with Gasteiger partial charge in [-0.05, 0) is 48.8 Å². The van der Waals surface area contributed by atoms with E-state index < -0.39 is 23.8 Å². The Kier molecular flexibility index (Phi) is 6.14. The van der Waals surface area contributed by atoms with Crippen LogP contribution in [0.2, 0.25) is 0 Å². The summed E-state index contributed by atoms with van der Waals surface area (Å²) in [6.45, 7) is 1.16. The number of halogens is 3. The number of ether oxygens (including phenoxy) is 3. The zero-order chi connectivity index (χ0) is 24.6. The van der Waals surface area contributed by atoms with Crippen LogP contribution in [0.4, 0.5) is 13.2 Å². The number of fused-ring (bicyclic) bond motifs is 1. The summed E-state index contributed by atoms with van der Waals surface area (Å²) < 4.78 is 60.2. The quantitative estimate of drug-likeness (QED) is 0.596. The van der Waals surface area contributed by atoms with Crippen LogP contribution in [0.15, 0.2) is 72.0 Å². The first-order valence-corrected chi connectivity index (χ1v) is 11.2. The Bertz CT molecular complexity index is 1250. The molecule has 0 saturated carbocycles. The minimum Gasteiger partial charge on any atom is -0.486 e. The Hall–Kier alpha value is -3.53. The van der Waals surface area contributed by atoms with Crippen LogP contribution in [0.1, 0.15) is 31.0 Å². The predicted molar refractivity (Wildman–Crippen MR) is 119 cm³/mol. The Balaban J connectivity index is 1.34. The third-order valence-electron chi connectivity index (χ3n) is 6.11. The molecule has 5 rings (SSSR count). The molecule has 2 aromatic rings. The number of nitrogens with zero attached hydrogens (tertiary/aromatic N) is 2. The third kappa shape index (κ3) is 5.12. The second-order valence-corrected chi connectivity index (χ2v) is 8.72. The second kappa shape index (κ2) is 9.26. The van der Waals surface area contributed by atoms with Gasteiger partial charge in [0.15, 0.2) is 0 Å². The molecule has 3 heterocycles. The maximum atomic E-state index is 13.9. The minimum atomic E-state index is -4.63. The van der Waals surface area contributed by atoms with Crippen molar-refractivity contribution in [2.24, 2.45) is 5.92 Å². The lowest BCUT2D eigenvalue weighted by atomic mass is 9.96. The number of rotatable bonds is 7. The summed E-state index contributed by atoms with van der Waals surface area (Å²) in [6, 6.07) is 3.48. The van der Waals surface area contributed by atoms with E-state index in [2.05, 4.69) is 4.98 Å². The third-order valence-corrected chi connectivity index (χ3v) is 6.11. The molecule has 2 aromatic heterocycles. The molecule has 1 N–H and O–H groups in total. The molecule has 0 aromatic carbocycles. The minimum absolute atomic E-state index is 0.0482. The molecule has 0 bridgehead atoms. The number of aromatic nitrogens is 2. The number of hydrogen-bond acceptors (Lipinski definition) is 5. The molecule has 184 valence electrons. The first kappa shape index (κ1) is 23.2. The maximum Gasteiger partial charge on any atom is 0.416 e. The standard InChI is InChI=1S/C25H23F3N2O5/c26-25(27,28)21-10-19(6-7-22(21)35-18-3-1-2-15(8-18)9-23(31)32)34-20-5-4-17-11-29-24(30(17)12-20)16-13-33-14-16/h1,3-6,8,10-12,15-16,22H,2,7,9,13-14H2,(H,31,32). The summed E-state index contributed by atoms with van der Waals surface area (Å²) in [4.78, 5) is 15.4. The lowest BCUT2D eigenvalue weighted by Gasteiger charge is -2.28. The average Bonchev–Trinajstić information content (AvgIpc) is 3.15. The fourth-order valence-corrected chi connectivity index (χ4v) is 4.30. The molecule has 2 atom stereocenters. The average molecular weight is 488 g/mol. The smallest absolute Gasteiger partial charge is 0.416 e. The van der Waals surface area contributed by atoms with Gasteiger partial charge in [-0.2, -0.15) is 13.2 Å². The van der Waals surface area contributed by atoms with E-state index in [1.54, 1.807) is 48.8 Å². The van der Waals surface area contributed by atoms with E-state index >= 15 is 0 Å². The summed E-state index contributed by atoms with van der Waals surface area (Å²) >= 11 is 0. The van der Waals surface area contributed by atoms with Gasteiger partial charge in [-0.3, -0.25) is 9.20 Å². The van der Waals surface area contributed by atoms with Crippen LogP contribution in [0, 0.1) is 5.92 Å². The number of alkyl halides is 3. The maximum absolute atomic E-state index is 13.9. The topological polar surface area (TPSA) is 82.3 Å². The van der Waals surface area contributed by atoms with Gasteiger partial charge >= 0.3 is 12.1 Å². The van der Waals surface area contributed by atoms with E-state index in [9.17, 15) is 18.0 Å². The first-order valence-electron chi connectivity index (χ1n) is 11.2. The van der Waals surface area contributed by atoms with Crippen molar-refractivity contribution < 1.29 is 37.3 Å². The molecule has 1 saturated heterocycles. The van der Waals surface area contributed by atoms with Crippen LogP contribution in [0.25, 0.3) is 5.52 Å². The summed E-state index contributed by atoms with van der Waals surface area (Å²) in [5.74, 6) is 0.397. The SMILES string of the molecule is O=C(O)CC1C=C(OC2CC=C(Oc3ccc4cnc(C5COC5)n4c3)C=C2C(F)(F)F)C=CC1. The van der Waals surface area contributed by atoms with Crippen molar-refractivity contribution in [2.45, 2.75) is 37.5 Å². The summed E-state index contributed by atoms with van der Waals surface area (Å²) in [5.41, 5.74) is -0.00690. The molecule has 0 radical (unpaired) electrons. The van der Waals surface area contributed by atoms with Crippen LogP contribution in [0.3, 0.4) is 0 Å². The summed E-state index contributed by atoms with van der Waals surface area (Å²) in [6.07, 6.45) is 5.26. The van der Waals surface area contributed by atoms with Gasteiger partial charge in [-0.25, -0.2) is 4.98 Å². The van der Waals surface area contributed by atoms with Crippen LogP contribution in [-0.2, 0) is 14.3 Å². The van der Waals surface area contributed by atoms with Crippen molar-refractivity contribution in [2.75, 3.05) is 13.2 Å². The fraction of sp³-hybridized carbons (Fsp3) is 0.360. The Morgan fingerprint density at radius 3 is 2.77 bits per heavy atom. The molecule has 7 nitrogen and oxygen atoms in total. The number of carboxylic acids is 1. The summed E-state index contributed by atoms with van der Waals surface area (Å²) in [5, 5.41) is 8.99. The highest BCUT2D eigenvalue weighted by atomic mass is 19.4. The van der Waals surface area contributed by atoms with E-state index in [-0.39, 0.29) is 36.2 Å². The molecule has 3 aliphatic rings. The predicted octanol–water partition coefficient (Wildman–Crippen LogP) is 4.92. The molecule has 2 aliphatic carbocycles. The van der Waals surface area contributed by atoms with Gasteiger partial charge in [0.25, 0.3) is 0 Å². The van der Waals surface area contributed by atoms with Gasteiger partial charge in [-0.1, -0.05) is 6.08 Å². The first-order chi connectivity index (χ1) is 16.8. The molecule has 0 spiro atoms. The van der Waals surface area contributed by atoms with Crippen molar-refractivity contribution in [3.63, 3.8) is 0 Å². The highest BCUT2D eigenvalue weighted by molar-refractivity contribution is 5.67. The molecule has 2 unspecified atom stereocenters. The lowest BCUT2D eigenvalue weighted by molar-refractivity contribution is -0.137. The molecular formula is C25H23F3N2O5. The Morgan fingerprint density at radius 2 is 2.06 bits per heavy atom. The lowest BCUT2D eigenvalue weighted by Crippen LogP contribution is -2.29. The van der Waals surface area contributed by atoms with E-state index in [4.69, 9.17) is 19.3 Å². The molecule has 0 amide bonds. The van der Waals surface area contributed by atoms with Crippen molar-refractivity contribution in [1.82, 2.24) is 9.38 Å². The van der Waals surface area contributed by atoms with Crippen molar-refractivity contribution >= 4 is 11.5 Å². The number of allylic oxidation sites excluding steroid dienone is 4. The normalized spacial score (nSPS) is 22.8. The Labute approximate surface area is 198 Å². The fourth-order valence-electron chi connectivity index (χ4n) is 4.30. The largest absolute Gasteiger partial charge is 0.486 e. The monoisotopic (exact) mass is 488 g/mol. The zero-order valence-corrected chi connectivity index (χ0v) is 18.6. The van der Waals surface area contributed by atoms with Crippen molar-refractivity contribution in [3.8, 4) is 5.75 Å². The van der Waals surface area contributed by atoms with E-state index in [1.807, 2.05) is 4.40 Å². The number of hydrogen-bond donors (Lipinski definition) is 1. The van der Waals surface area contributed by atoms with Crippen molar-refractivity contribution in [1.29, 1.82) is 0 Å². The van der Waals surface area contributed by atoms with Gasteiger partial charge in [0.1, 0.15) is 29.2 Å². The molecular weight excluding hydrogens is 465 g/mol. The number of carboxylic acid groups (broad SMARTS) is 1. The van der Waals surface area contributed by atoms with Gasteiger partial charge in [0.05, 0.1) is 49.0 Å². The van der Waals surface area contributed by atoms with E-state index in [0.29, 0.717) is 25.4 Å². The number of carbonyl (C=O) groups is 1. The van der Waals surface area contributed by atoms with E-state index in [0.717, 1.165) is 17.4 Å². The zero-order valence-electron chi connectivity index (χ0n) is 18.6. The number of imidazole rings is 1. The van der Waals surface area contributed by atoms with Crippen LogP contribution < -0.4 is 4.74 Å². The second-order valence-electron chi connectivity index (χ2n) is 8.72. The highest BCUT2D eigenvalue weighted by Crippen LogP contribution is 2.37. The van der Waals surface area contributed by atoms with Gasteiger partial charge in [-0.15, -0.1) is 0 Å². The summed E-state index contributed by atoms with van der Waals surface area (Å²) in [7, 11) is 0. The van der Waals surface area contributed by atoms with Crippen LogP contribution >= 0.6 is 0 Å².